The first-order valence-electron chi connectivity index (χ1n) is 8.08. The number of H-pyrrole nitrogens is 1. The van der Waals surface area contributed by atoms with E-state index in [2.05, 4.69) is 20.1 Å². The Kier molecular flexibility index (Phi) is 4.08. The van der Waals surface area contributed by atoms with E-state index in [9.17, 15) is 4.79 Å². The molecule has 4 rings (SSSR count). The van der Waals surface area contributed by atoms with Crippen LogP contribution in [0.1, 0.15) is 30.1 Å². The fourth-order valence-corrected chi connectivity index (χ4v) is 3.54. The summed E-state index contributed by atoms with van der Waals surface area (Å²) in [5.74, 6) is 0.460. The molecule has 124 valence electrons. The number of aromatic nitrogens is 4. The predicted molar refractivity (Wildman–Crippen MR) is 92.3 cm³/mol. The lowest BCUT2D eigenvalue weighted by atomic mass is 9.95. The number of halogens is 1. The lowest BCUT2D eigenvalue weighted by molar-refractivity contribution is 0.196. The van der Waals surface area contributed by atoms with Gasteiger partial charge < -0.3 is 0 Å². The Morgan fingerprint density at radius 1 is 1.33 bits per heavy atom. The van der Waals surface area contributed by atoms with Crippen LogP contribution in [0.5, 0.6) is 0 Å². The second-order valence-electron chi connectivity index (χ2n) is 6.25. The average molecular weight is 344 g/mol. The number of nitrogens with zero attached hydrogens (tertiary/aromatic N) is 4. The molecule has 0 amide bonds. The van der Waals surface area contributed by atoms with Crippen LogP contribution >= 0.6 is 11.6 Å². The molecule has 0 bridgehead atoms. The highest BCUT2D eigenvalue weighted by Gasteiger charge is 2.22. The van der Waals surface area contributed by atoms with Crippen LogP contribution in [0.15, 0.2) is 41.5 Å². The van der Waals surface area contributed by atoms with Gasteiger partial charge in [-0.1, -0.05) is 11.6 Å². The summed E-state index contributed by atoms with van der Waals surface area (Å²) in [6.45, 7) is 2.65. The second-order valence-corrected chi connectivity index (χ2v) is 6.68. The van der Waals surface area contributed by atoms with Crippen molar-refractivity contribution in [3.63, 3.8) is 0 Å². The van der Waals surface area contributed by atoms with Crippen LogP contribution in [-0.2, 0) is 6.54 Å². The molecule has 1 aliphatic rings. The van der Waals surface area contributed by atoms with Gasteiger partial charge >= 0.3 is 0 Å². The monoisotopic (exact) mass is 343 g/mol. The Morgan fingerprint density at radius 3 is 3.08 bits per heavy atom. The maximum atomic E-state index is 12.3. The van der Waals surface area contributed by atoms with E-state index in [-0.39, 0.29) is 5.56 Å². The Balaban J connectivity index is 1.55. The van der Waals surface area contributed by atoms with Gasteiger partial charge in [-0.3, -0.25) is 19.2 Å². The van der Waals surface area contributed by atoms with Crippen molar-refractivity contribution < 1.29 is 0 Å². The molecular formula is C17H18ClN5O. The quantitative estimate of drug-likeness (QED) is 0.793. The van der Waals surface area contributed by atoms with Crippen LogP contribution in [-0.4, -0.2) is 37.6 Å². The van der Waals surface area contributed by atoms with Crippen molar-refractivity contribution in [3.8, 4) is 0 Å². The van der Waals surface area contributed by atoms with Crippen molar-refractivity contribution in [2.45, 2.75) is 25.3 Å². The molecule has 0 spiro atoms. The molecule has 0 saturated carbocycles. The standard InChI is InChI=1S/C17H18ClN5O/c18-13-3-4-16-20-14(8-17(24)23(16)10-13)11-22-7-1-2-12(9-22)15-5-6-19-21-15/h3-6,8,10,12H,1-2,7,9,11H2,(H,19,21). The van der Waals surface area contributed by atoms with Gasteiger partial charge in [-0.2, -0.15) is 5.10 Å². The minimum Gasteiger partial charge on any atom is -0.297 e. The molecule has 1 N–H and O–H groups in total. The summed E-state index contributed by atoms with van der Waals surface area (Å²) in [5, 5.41) is 7.65. The first kappa shape index (κ1) is 15.4. The van der Waals surface area contributed by atoms with E-state index in [1.54, 1.807) is 30.6 Å². The van der Waals surface area contributed by atoms with Crippen molar-refractivity contribution in [2.75, 3.05) is 13.1 Å². The summed E-state index contributed by atoms with van der Waals surface area (Å²) < 4.78 is 1.48. The van der Waals surface area contributed by atoms with Gasteiger partial charge in [-0.25, -0.2) is 4.98 Å². The zero-order valence-electron chi connectivity index (χ0n) is 13.2. The van der Waals surface area contributed by atoms with E-state index in [4.69, 9.17) is 11.6 Å². The number of nitrogens with one attached hydrogen (secondary N) is 1. The first-order valence-corrected chi connectivity index (χ1v) is 8.46. The Bertz CT molecular complexity index is 905. The molecule has 7 heteroatoms. The number of hydrogen-bond acceptors (Lipinski definition) is 4. The number of pyridine rings is 1. The van der Waals surface area contributed by atoms with E-state index in [0.717, 1.165) is 31.6 Å². The van der Waals surface area contributed by atoms with Crippen molar-refractivity contribution in [1.29, 1.82) is 0 Å². The number of piperidine rings is 1. The highest BCUT2D eigenvalue weighted by molar-refractivity contribution is 6.30. The number of fused-ring (bicyclic) bond motifs is 1. The molecule has 0 radical (unpaired) electrons. The molecular weight excluding hydrogens is 326 g/mol. The normalized spacial score (nSPS) is 19.0. The fourth-order valence-electron chi connectivity index (χ4n) is 3.38. The Labute approximate surface area is 144 Å². The van der Waals surface area contributed by atoms with E-state index >= 15 is 0 Å². The lowest BCUT2D eigenvalue weighted by Crippen LogP contribution is -2.34. The molecule has 4 heterocycles. The summed E-state index contributed by atoms with van der Waals surface area (Å²) in [7, 11) is 0. The zero-order valence-corrected chi connectivity index (χ0v) is 13.9. The minimum atomic E-state index is -0.0976. The molecule has 1 atom stereocenters. The van der Waals surface area contributed by atoms with E-state index in [0.29, 0.717) is 23.1 Å². The third kappa shape index (κ3) is 3.07. The van der Waals surface area contributed by atoms with Crippen LogP contribution in [0.2, 0.25) is 5.02 Å². The fraction of sp³-hybridized carbons (Fsp3) is 0.353. The maximum absolute atomic E-state index is 12.3. The van der Waals surface area contributed by atoms with Gasteiger partial charge in [-0.05, 0) is 37.6 Å². The van der Waals surface area contributed by atoms with Crippen LogP contribution < -0.4 is 5.56 Å². The molecule has 1 unspecified atom stereocenters. The smallest absolute Gasteiger partial charge is 0.258 e. The third-order valence-electron chi connectivity index (χ3n) is 4.53. The summed E-state index contributed by atoms with van der Waals surface area (Å²) in [6, 6.07) is 7.17. The number of rotatable bonds is 3. The SMILES string of the molecule is O=c1cc(CN2CCCC(c3ccn[nH]3)C2)nc2ccc(Cl)cn12. The molecule has 0 aromatic carbocycles. The molecule has 1 aliphatic heterocycles. The van der Waals surface area contributed by atoms with E-state index in [1.807, 2.05) is 6.07 Å². The molecule has 1 saturated heterocycles. The molecule has 3 aromatic heterocycles. The topological polar surface area (TPSA) is 66.3 Å². The van der Waals surface area contributed by atoms with Gasteiger partial charge in [0.2, 0.25) is 0 Å². The van der Waals surface area contributed by atoms with Gasteiger partial charge in [0.25, 0.3) is 5.56 Å². The highest BCUT2D eigenvalue weighted by atomic mass is 35.5. The van der Waals surface area contributed by atoms with Gasteiger partial charge in [0.15, 0.2) is 0 Å². The second kappa shape index (κ2) is 6.37. The van der Waals surface area contributed by atoms with Crippen LogP contribution in [0.4, 0.5) is 0 Å². The van der Waals surface area contributed by atoms with Gasteiger partial charge in [0, 0.05) is 43.2 Å². The van der Waals surface area contributed by atoms with Gasteiger partial charge in [-0.15, -0.1) is 0 Å². The van der Waals surface area contributed by atoms with Crippen molar-refractivity contribution in [1.82, 2.24) is 24.5 Å². The molecule has 1 fully saturated rings. The molecule has 6 nitrogen and oxygen atoms in total. The number of likely N-dealkylation sites (tertiary alicyclic amines) is 1. The van der Waals surface area contributed by atoms with Crippen molar-refractivity contribution >= 4 is 17.2 Å². The largest absolute Gasteiger partial charge is 0.297 e. The van der Waals surface area contributed by atoms with Crippen molar-refractivity contribution in [2.24, 2.45) is 0 Å². The lowest BCUT2D eigenvalue weighted by Gasteiger charge is -2.31. The summed E-state index contributed by atoms with van der Waals surface area (Å²) in [4.78, 5) is 19.2. The Hall–Kier alpha value is -2.18. The summed E-state index contributed by atoms with van der Waals surface area (Å²) in [6.07, 6.45) is 5.69. The number of hydrogen-bond donors (Lipinski definition) is 1. The molecule has 24 heavy (non-hydrogen) atoms. The minimum absolute atomic E-state index is 0.0976. The van der Waals surface area contributed by atoms with Crippen molar-refractivity contribution in [3.05, 3.63) is 63.4 Å². The highest BCUT2D eigenvalue weighted by Crippen LogP contribution is 2.25. The van der Waals surface area contributed by atoms with Crippen LogP contribution in [0.25, 0.3) is 5.65 Å². The first-order chi connectivity index (χ1) is 11.7. The molecule has 3 aromatic rings. The van der Waals surface area contributed by atoms with E-state index in [1.165, 1.54) is 10.1 Å². The Morgan fingerprint density at radius 2 is 2.25 bits per heavy atom. The molecule has 0 aliphatic carbocycles. The third-order valence-corrected chi connectivity index (χ3v) is 4.75. The maximum Gasteiger partial charge on any atom is 0.258 e. The van der Waals surface area contributed by atoms with Gasteiger partial charge in [0.1, 0.15) is 5.65 Å². The van der Waals surface area contributed by atoms with Crippen LogP contribution in [0, 0.1) is 0 Å². The average Bonchev–Trinajstić information content (AvgIpc) is 3.10. The number of aromatic amines is 1. The summed E-state index contributed by atoms with van der Waals surface area (Å²) in [5.41, 5.74) is 2.51. The van der Waals surface area contributed by atoms with E-state index < -0.39 is 0 Å². The predicted octanol–water partition coefficient (Wildman–Crippen LogP) is 2.45. The summed E-state index contributed by atoms with van der Waals surface area (Å²) >= 11 is 5.95. The van der Waals surface area contributed by atoms with Gasteiger partial charge in [0.05, 0.1) is 10.7 Å². The van der Waals surface area contributed by atoms with Crippen LogP contribution in [0.3, 0.4) is 0 Å². The zero-order chi connectivity index (χ0) is 16.5.